The summed E-state index contributed by atoms with van der Waals surface area (Å²) in [6.45, 7) is 9.39. The number of rotatable bonds is 2. The second-order valence-electron chi connectivity index (χ2n) is 2.38. The maximum atomic E-state index is 10.5. The van der Waals surface area contributed by atoms with E-state index >= 15 is 0 Å². The van der Waals surface area contributed by atoms with E-state index < -0.39 is 0 Å². The molecule has 0 rings (SSSR count). The van der Waals surface area contributed by atoms with Gasteiger partial charge in [-0.15, -0.1) is 0 Å². The molecule has 0 aromatic rings. The second-order valence-corrected chi connectivity index (χ2v) is 2.38. The highest BCUT2D eigenvalue weighted by Crippen LogP contribution is 1.97. The number of hydrogen-bond acceptors (Lipinski definition) is 2. The monoisotopic (exact) mass is 145 g/mol. The molecule has 10 heavy (non-hydrogen) atoms. The maximum absolute atomic E-state index is 10.5. The minimum atomic E-state index is -0.269. The van der Waals surface area contributed by atoms with Gasteiger partial charge in [0.05, 0.1) is 6.04 Å². The smallest absolute Gasteiger partial charge is 0.146 e. The topological polar surface area (TPSA) is 43.1 Å². The van der Waals surface area contributed by atoms with Crippen LogP contribution in [0.1, 0.15) is 34.6 Å². The van der Waals surface area contributed by atoms with Gasteiger partial charge in [-0.1, -0.05) is 27.7 Å². The first kappa shape index (κ1) is 12.3. The Hall–Kier alpha value is -0.370. The van der Waals surface area contributed by atoms with Gasteiger partial charge in [0.2, 0.25) is 0 Å². The highest BCUT2D eigenvalue weighted by Gasteiger charge is 2.10. The van der Waals surface area contributed by atoms with Crippen molar-refractivity contribution < 1.29 is 4.79 Å². The summed E-state index contributed by atoms with van der Waals surface area (Å²) in [5.41, 5.74) is 5.41. The molecule has 0 bridgehead atoms. The molecule has 0 aliphatic heterocycles. The van der Waals surface area contributed by atoms with Crippen molar-refractivity contribution in [2.45, 2.75) is 40.7 Å². The van der Waals surface area contributed by atoms with E-state index in [1.807, 2.05) is 27.7 Å². The molecule has 0 aliphatic rings. The molecule has 2 N–H and O–H groups in total. The molecule has 2 nitrogen and oxygen atoms in total. The Morgan fingerprint density at radius 1 is 1.30 bits per heavy atom. The lowest BCUT2D eigenvalue weighted by atomic mass is 10.0. The Morgan fingerprint density at radius 2 is 1.60 bits per heavy atom. The van der Waals surface area contributed by atoms with E-state index in [4.69, 9.17) is 5.73 Å². The summed E-state index contributed by atoms with van der Waals surface area (Å²) in [5.74, 6) is 0.340. The molecule has 0 radical (unpaired) electrons. The third-order valence-corrected chi connectivity index (χ3v) is 1.19. The molecule has 1 unspecified atom stereocenters. The molecule has 0 amide bonds. The van der Waals surface area contributed by atoms with Crippen molar-refractivity contribution in [2.75, 3.05) is 0 Å². The largest absolute Gasteiger partial charge is 0.321 e. The van der Waals surface area contributed by atoms with Crippen molar-refractivity contribution in [1.82, 2.24) is 0 Å². The molecule has 62 valence electrons. The third-order valence-electron chi connectivity index (χ3n) is 1.19. The Balaban J connectivity index is 0. The molecular weight excluding hydrogens is 126 g/mol. The van der Waals surface area contributed by atoms with Gasteiger partial charge in [-0.25, -0.2) is 0 Å². The van der Waals surface area contributed by atoms with E-state index in [1.165, 1.54) is 6.92 Å². The van der Waals surface area contributed by atoms with E-state index in [1.54, 1.807) is 0 Å². The Labute approximate surface area is 63.8 Å². The van der Waals surface area contributed by atoms with Crippen LogP contribution in [0.5, 0.6) is 0 Å². The molecule has 0 saturated carbocycles. The highest BCUT2D eigenvalue weighted by molar-refractivity contribution is 5.81. The fourth-order valence-corrected chi connectivity index (χ4v) is 0.469. The first-order valence-electron chi connectivity index (χ1n) is 3.81. The third kappa shape index (κ3) is 5.76. The van der Waals surface area contributed by atoms with Crippen molar-refractivity contribution >= 4 is 5.78 Å². The van der Waals surface area contributed by atoms with Gasteiger partial charge in [0.1, 0.15) is 5.78 Å². The van der Waals surface area contributed by atoms with Crippen LogP contribution in [0.2, 0.25) is 0 Å². The first-order valence-corrected chi connectivity index (χ1v) is 3.81. The number of hydrogen-bond donors (Lipinski definition) is 1. The Kier molecular flexibility index (Phi) is 8.31. The van der Waals surface area contributed by atoms with Crippen LogP contribution in [0.4, 0.5) is 0 Å². The van der Waals surface area contributed by atoms with Crippen molar-refractivity contribution in [1.29, 1.82) is 0 Å². The second kappa shape index (κ2) is 6.75. The molecule has 1 atom stereocenters. The molecule has 0 spiro atoms. The van der Waals surface area contributed by atoms with Gasteiger partial charge in [0.25, 0.3) is 0 Å². The van der Waals surface area contributed by atoms with Gasteiger partial charge in [0.15, 0.2) is 0 Å². The zero-order valence-corrected chi connectivity index (χ0v) is 7.64. The summed E-state index contributed by atoms with van der Waals surface area (Å²) in [7, 11) is 0. The minimum Gasteiger partial charge on any atom is -0.321 e. The summed E-state index contributed by atoms with van der Waals surface area (Å²) in [5, 5.41) is 0. The number of carbonyl (C=O) groups excluding carboxylic acids is 1. The SMILES string of the molecule is CC.CC(=O)C(N)C(C)C. The van der Waals surface area contributed by atoms with Crippen LogP contribution in [0, 0.1) is 5.92 Å². The lowest BCUT2D eigenvalue weighted by Crippen LogP contribution is -2.33. The van der Waals surface area contributed by atoms with E-state index in [9.17, 15) is 4.79 Å². The molecule has 0 heterocycles. The number of Topliss-reactive ketones (excluding diaryl/α,β-unsaturated/α-hetero) is 1. The average Bonchev–Trinajstić information content (AvgIpc) is 1.90. The summed E-state index contributed by atoms with van der Waals surface area (Å²) in [6, 6.07) is -0.269. The zero-order chi connectivity index (χ0) is 8.73. The van der Waals surface area contributed by atoms with E-state index in [0.717, 1.165) is 0 Å². The molecule has 0 aromatic heterocycles. The van der Waals surface area contributed by atoms with Crippen molar-refractivity contribution in [3.05, 3.63) is 0 Å². The Morgan fingerprint density at radius 3 is 1.60 bits per heavy atom. The van der Waals surface area contributed by atoms with Gasteiger partial charge in [-0.05, 0) is 12.8 Å². The molecule has 2 heteroatoms. The molecule has 0 aliphatic carbocycles. The van der Waals surface area contributed by atoms with Crippen LogP contribution >= 0.6 is 0 Å². The number of nitrogens with two attached hydrogens (primary N) is 1. The van der Waals surface area contributed by atoms with Crippen LogP contribution < -0.4 is 5.73 Å². The normalized spacial score (nSPS) is 11.9. The number of carbonyl (C=O) groups is 1. The predicted octanol–water partition coefficient (Wildman–Crippen LogP) is 1.58. The zero-order valence-electron chi connectivity index (χ0n) is 7.64. The number of ketones is 1. The quantitative estimate of drug-likeness (QED) is 0.641. The van der Waals surface area contributed by atoms with E-state index in [-0.39, 0.29) is 17.7 Å². The summed E-state index contributed by atoms with van der Waals surface area (Å²) < 4.78 is 0. The van der Waals surface area contributed by atoms with Gasteiger partial charge in [0, 0.05) is 0 Å². The van der Waals surface area contributed by atoms with E-state index in [2.05, 4.69) is 0 Å². The highest BCUT2D eigenvalue weighted by atomic mass is 16.1. The van der Waals surface area contributed by atoms with Crippen LogP contribution in [0.25, 0.3) is 0 Å². The molecule has 0 aromatic carbocycles. The summed E-state index contributed by atoms with van der Waals surface area (Å²) in [6.07, 6.45) is 0. The van der Waals surface area contributed by atoms with E-state index in [0.29, 0.717) is 0 Å². The maximum Gasteiger partial charge on any atom is 0.146 e. The minimum absolute atomic E-state index is 0.0694. The van der Waals surface area contributed by atoms with Crippen LogP contribution in [-0.4, -0.2) is 11.8 Å². The Bertz CT molecular complexity index is 89.3. The van der Waals surface area contributed by atoms with Gasteiger partial charge in [-0.3, -0.25) is 4.79 Å². The lowest BCUT2D eigenvalue weighted by Gasteiger charge is -2.09. The van der Waals surface area contributed by atoms with Crippen LogP contribution in [0.15, 0.2) is 0 Å². The fraction of sp³-hybridized carbons (Fsp3) is 0.875. The summed E-state index contributed by atoms with van der Waals surface area (Å²) in [4.78, 5) is 10.5. The van der Waals surface area contributed by atoms with Crippen molar-refractivity contribution in [3.8, 4) is 0 Å². The van der Waals surface area contributed by atoms with Crippen LogP contribution in [-0.2, 0) is 4.79 Å². The van der Waals surface area contributed by atoms with Crippen molar-refractivity contribution in [3.63, 3.8) is 0 Å². The average molecular weight is 145 g/mol. The van der Waals surface area contributed by atoms with Gasteiger partial charge in [-0.2, -0.15) is 0 Å². The predicted molar refractivity (Wildman–Crippen MR) is 44.8 cm³/mol. The van der Waals surface area contributed by atoms with Gasteiger partial charge >= 0.3 is 0 Å². The molecular formula is C8H19NO. The standard InChI is InChI=1S/C6H13NO.C2H6/c1-4(2)6(7)5(3)8;1-2/h4,6H,7H2,1-3H3;1-2H3. The molecule has 0 saturated heterocycles. The van der Waals surface area contributed by atoms with Crippen molar-refractivity contribution in [2.24, 2.45) is 11.7 Å². The lowest BCUT2D eigenvalue weighted by molar-refractivity contribution is -0.119. The fourth-order valence-electron chi connectivity index (χ4n) is 0.469. The molecule has 0 fully saturated rings. The summed E-state index contributed by atoms with van der Waals surface area (Å²) >= 11 is 0. The van der Waals surface area contributed by atoms with Crippen LogP contribution in [0.3, 0.4) is 0 Å². The first-order chi connectivity index (χ1) is 4.55. The van der Waals surface area contributed by atoms with Gasteiger partial charge < -0.3 is 5.73 Å².